The van der Waals surface area contributed by atoms with Crippen LogP contribution >= 0.6 is 11.8 Å². The monoisotopic (exact) mass is 280 g/mol. The first kappa shape index (κ1) is 15.8. The minimum absolute atomic E-state index is 0.0156. The average Bonchev–Trinajstić information content (AvgIpc) is 2.44. The van der Waals surface area contributed by atoms with E-state index in [4.69, 9.17) is 0 Å². The summed E-state index contributed by atoms with van der Waals surface area (Å²) < 4.78 is -0.871. The minimum Gasteiger partial charge on any atom is -0.480 e. The fraction of sp³-hybridized carbons (Fsp3) is 0.467. The first-order valence-electron chi connectivity index (χ1n) is 6.47. The van der Waals surface area contributed by atoms with Crippen molar-refractivity contribution in [2.45, 2.75) is 43.6 Å². The van der Waals surface area contributed by atoms with Crippen LogP contribution in [0.25, 0.3) is 0 Å². The summed E-state index contributed by atoms with van der Waals surface area (Å²) in [4.78, 5) is 23.7. The molecule has 0 radical (unpaired) electrons. The maximum absolute atomic E-state index is 12.3. The number of carboxylic acid groups (broad SMARTS) is 1. The maximum atomic E-state index is 12.3. The molecule has 1 aromatic carbocycles. The molecular formula is C15H20O3S. The van der Waals surface area contributed by atoms with Crippen molar-refractivity contribution in [3.8, 4) is 0 Å². The van der Waals surface area contributed by atoms with Gasteiger partial charge in [-0.3, -0.25) is 9.59 Å². The lowest BCUT2D eigenvalue weighted by atomic mass is 10.0. The fourth-order valence-corrected chi connectivity index (χ4v) is 3.35. The number of carbonyl (C=O) groups excluding carboxylic acids is 1. The highest BCUT2D eigenvalue weighted by molar-refractivity contribution is 8.02. The van der Waals surface area contributed by atoms with Crippen LogP contribution < -0.4 is 0 Å². The summed E-state index contributed by atoms with van der Waals surface area (Å²) in [5, 5.41) is 9.03. The summed E-state index contributed by atoms with van der Waals surface area (Å²) in [6.07, 6.45) is 1.02. The Labute approximate surface area is 118 Å². The summed E-state index contributed by atoms with van der Waals surface area (Å²) in [6.45, 7) is 5.48. The summed E-state index contributed by atoms with van der Waals surface area (Å²) in [6, 6.07) is 9.01. The van der Waals surface area contributed by atoms with Gasteiger partial charge in [0.1, 0.15) is 4.75 Å². The number of rotatable bonds is 7. The maximum Gasteiger partial charge on any atom is 0.319 e. The molecule has 0 aliphatic heterocycles. The molecule has 0 heterocycles. The van der Waals surface area contributed by atoms with Gasteiger partial charge >= 0.3 is 5.97 Å². The summed E-state index contributed by atoms with van der Waals surface area (Å²) in [5.41, 5.74) is 0.633. The molecular weight excluding hydrogens is 260 g/mol. The van der Waals surface area contributed by atoms with Gasteiger partial charge in [-0.25, -0.2) is 0 Å². The quantitative estimate of drug-likeness (QED) is 0.775. The van der Waals surface area contributed by atoms with Crippen LogP contribution in [0.1, 0.15) is 44.0 Å². The number of thioether (sulfide) groups is 1. The number of hydrogen-bond acceptors (Lipinski definition) is 3. The van der Waals surface area contributed by atoms with E-state index in [1.165, 1.54) is 11.8 Å². The van der Waals surface area contributed by atoms with Crippen molar-refractivity contribution in [2.75, 3.05) is 0 Å². The molecule has 0 fully saturated rings. The molecule has 1 aromatic rings. The second-order valence-electron chi connectivity index (χ2n) is 4.50. The molecule has 1 N–H and O–H groups in total. The van der Waals surface area contributed by atoms with E-state index in [2.05, 4.69) is 0 Å². The predicted octanol–water partition coefficient (Wildman–Crippen LogP) is 3.63. The average molecular weight is 280 g/mol. The van der Waals surface area contributed by atoms with Crippen molar-refractivity contribution >= 4 is 23.5 Å². The molecule has 3 nitrogen and oxygen atoms in total. The van der Waals surface area contributed by atoms with Gasteiger partial charge in [0, 0.05) is 5.56 Å². The summed E-state index contributed by atoms with van der Waals surface area (Å²) >= 11 is 1.25. The highest BCUT2D eigenvalue weighted by Crippen LogP contribution is 2.37. The number of hydrogen-bond donors (Lipinski definition) is 1. The first-order chi connectivity index (χ1) is 8.96. The Morgan fingerprint density at radius 1 is 1.21 bits per heavy atom. The molecule has 0 aromatic heterocycles. The van der Waals surface area contributed by atoms with Crippen LogP contribution in [0.4, 0.5) is 0 Å². The molecule has 19 heavy (non-hydrogen) atoms. The zero-order chi connectivity index (χ0) is 14.5. The largest absolute Gasteiger partial charge is 0.480 e. The zero-order valence-electron chi connectivity index (χ0n) is 11.6. The van der Waals surface area contributed by atoms with Crippen LogP contribution in [0.2, 0.25) is 0 Å². The third kappa shape index (κ3) is 3.60. The van der Waals surface area contributed by atoms with Crippen molar-refractivity contribution < 1.29 is 14.7 Å². The second kappa shape index (κ2) is 6.75. The van der Waals surface area contributed by atoms with Crippen molar-refractivity contribution in [1.82, 2.24) is 0 Å². The molecule has 1 rings (SSSR count). The molecule has 4 heteroatoms. The number of carboxylic acids is 1. The third-order valence-corrected chi connectivity index (χ3v) is 5.13. The summed E-state index contributed by atoms with van der Waals surface area (Å²) in [5.74, 6) is -0.853. The third-order valence-electron chi connectivity index (χ3n) is 3.36. The molecule has 0 amide bonds. The second-order valence-corrected chi connectivity index (χ2v) is 6.22. The van der Waals surface area contributed by atoms with Crippen molar-refractivity contribution in [2.24, 2.45) is 0 Å². The number of carbonyl (C=O) groups is 2. The van der Waals surface area contributed by atoms with E-state index in [0.29, 0.717) is 18.4 Å². The normalized spacial score (nSPS) is 13.0. The van der Waals surface area contributed by atoms with Crippen LogP contribution in [0.15, 0.2) is 30.3 Å². The van der Waals surface area contributed by atoms with Gasteiger partial charge in [-0.2, -0.15) is 0 Å². The number of benzene rings is 1. The number of aliphatic carboxylic acids is 1. The van der Waals surface area contributed by atoms with Crippen LogP contribution in [-0.4, -0.2) is 26.9 Å². The molecule has 0 saturated heterocycles. The lowest BCUT2D eigenvalue weighted by molar-refractivity contribution is -0.140. The highest BCUT2D eigenvalue weighted by atomic mass is 32.2. The molecule has 0 aliphatic rings. The first-order valence-corrected chi connectivity index (χ1v) is 7.35. The van der Waals surface area contributed by atoms with Crippen LogP contribution in [0.5, 0.6) is 0 Å². The van der Waals surface area contributed by atoms with Gasteiger partial charge in [-0.1, -0.05) is 44.2 Å². The van der Waals surface area contributed by atoms with Gasteiger partial charge < -0.3 is 5.11 Å². The lowest BCUT2D eigenvalue weighted by Crippen LogP contribution is -2.37. The zero-order valence-corrected chi connectivity index (χ0v) is 12.4. The standard InChI is InChI=1S/C15H20O3S/c1-4-15(5-2,14(17)18)19-11(3)13(16)12-9-7-6-8-10-12/h6-11H,4-5H2,1-3H3,(H,17,18). The molecule has 1 unspecified atom stereocenters. The van der Waals surface area contributed by atoms with Crippen LogP contribution in [0, 0.1) is 0 Å². The van der Waals surface area contributed by atoms with E-state index in [-0.39, 0.29) is 11.0 Å². The Bertz CT molecular complexity index is 438. The fourth-order valence-electron chi connectivity index (χ4n) is 2.00. The Kier molecular flexibility index (Phi) is 5.60. The Morgan fingerprint density at radius 2 is 1.74 bits per heavy atom. The molecule has 0 spiro atoms. The van der Waals surface area contributed by atoms with Crippen molar-refractivity contribution in [1.29, 1.82) is 0 Å². The lowest BCUT2D eigenvalue weighted by Gasteiger charge is -2.28. The van der Waals surface area contributed by atoms with Gasteiger partial charge in [-0.05, 0) is 19.8 Å². The Hall–Kier alpha value is -1.29. The Morgan fingerprint density at radius 3 is 2.16 bits per heavy atom. The van der Waals surface area contributed by atoms with Crippen molar-refractivity contribution in [3.63, 3.8) is 0 Å². The number of Topliss-reactive ketones (excluding diaryl/α,β-unsaturated/α-hetero) is 1. The van der Waals surface area contributed by atoms with Gasteiger partial charge in [0.2, 0.25) is 0 Å². The molecule has 104 valence electrons. The van der Waals surface area contributed by atoms with Gasteiger partial charge in [0.05, 0.1) is 5.25 Å². The molecule has 0 aliphatic carbocycles. The topological polar surface area (TPSA) is 54.4 Å². The molecule has 0 bridgehead atoms. The van der Waals surface area contributed by atoms with Gasteiger partial charge in [-0.15, -0.1) is 11.8 Å². The van der Waals surface area contributed by atoms with E-state index < -0.39 is 10.7 Å². The summed E-state index contributed by atoms with van der Waals surface area (Å²) in [7, 11) is 0. The number of ketones is 1. The smallest absolute Gasteiger partial charge is 0.319 e. The van der Waals surface area contributed by atoms with Gasteiger partial charge in [0.15, 0.2) is 5.78 Å². The van der Waals surface area contributed by atoms with Crippen LogP contribution in [0.3, 0.4) is 0 Å². The van der Waals surface area contributed by atoms with Crippen LogP contribution in [-0.2, 0) is 4.79 Å². The van der Waals surface area contributed by atoms with E-state index in [1.54, 1.807) is 19.1 Å². The molecule has 0 saturated carbocycles. The van der Waals surface area contributed by atoms with E-state index in [1.807, 2.05) is 32.0 Å². The Balaban J connectivity index is 2.86. The predicted molar refractivity (Wildman–Crippen MR) is 78.8 cm³/mol. The van der Waals surface area contributed by atoms with E-state index >= 15 is 0 Å². The van der Waals surface area contributed by atoms with Crippen molar-refractivity contribution in [3.05, 3.63) is 35.9 Å². The minimum atomic E-state index is -0.871. The van der Waals surface area contributed by atoms with E-state index in [9.17, 15) is 14.7 Å². The van der Waals surface area contributed by atoms with Gasteiger partial charge in [0.25, 0.3) is 0 Å². The molecule has 1 atom stereocenters. The van der Waals surface area contributed by atoms with E-state index in [0.717, 1.165) is 0 Å². The SMILES string of the molecule is CCC(CC)(SC(C)C(=O)c1ccccc1)C(=O)O. The highest BCUT2D eigenvalue weighted by Gasteiger charge is 2.38.